The second-order valence-electron chi connectivity index (χ2n) is 5.86. The van der Waals surface area contributed by atoms with Gasteiger partial charge >= 0.3 is 0 Å². The van der Waals surface area contributed by atoms with Crippen LogP contribution in [0.4, 0.5) is 0 Å². The predicted molar refractivity (Wildman–Crippen MR) is 87.2 cm³/mol. The molecule has 2 rings (SSSR count). The molecule has 0 heterocycles. The Bertz CT molecular complexity index is 534. The van der Waals surface area contributed by atoms with Crippen molar-refractivity contribution in [2.45, 2.75) is 55.7 Å². The van der Waals surface area contributed by atoms with Gasteiger partial charge in [-0.25, -0.2) is 13.1 Å². The first kappa shape index (κ1) is 16.8. The largest absolute Gasteiger partial charge is 0.240 e. The number of sulfonamides is 1. The van der Waals surface area contributed by atoms with Gasteiger partial charge in [0.25, 0.3) is 0 Å². The van der Waals surface area contributed by atoms with Crippen molar-refractivity contribution in [1.82, 2.24) is 4.72 Å². The number of aryl methyl sites for hydroxylation is 1. The summed E-state index contributed by atoms with van der Waals surface area (Å²) < 4.78 is 27.3. The van der Waals surface area contributed by atoms with Gasteiger partial charge in [-0.15, -0.1) is 11.6 Å². The van der Waals surface area contributed by atoms with Crippen molar-refractivity contribution in [3.8, 4) is 0 Å². The molecule has 3 nitrogen and oxygen atoms in total. The lowest BCUT2D eigenvalue weighted by Crippen LogP contribution is -2.31. The molecule has 0 aromatic heterocycles. The summed E-state index contributed by atoms with van der Waals surface area (Å²) in [6.45, 7) is 2.63. The average Bonchev–Trinajstić information content (AvgIpc) is 2.48. The van der Waals surface area contributed by atoms with E-state index in [1.807, 2.05) is 12.1 Å². The average molecular weight is 330 g/mol. The van der Waals surface area contributed by atoms with Crippen molar-refractivity contribution in [3.63, 3.8) is 0 Å². The molecule has 0 saturated heterocycles. The second kappa shape index (κ2) is 7.61. The van der Waals surface area contributed by atoms with E-state index in [1.165, 1.54) is 5.56 Å². The number of benzene rings is 1. The van der Waals surface area contributed by atoms with Gasteiger partial charge in [0.2, 0.25) is 10.0 Å². The molecule has 0 unspecified atom stereocenters. The molecule has 1 saturated carbocycles. The monoisotopic (exact) mass is 329 g/mol. The Morgan fingerprint density at radius 3 is 2.33 bits per heavy atom. The van der Waals surface area contributed by atoms with Crippen molar-refractivity contribution in [2.24, 2.45) is 5.92 Å². The summed E-state index contributed by atoms with van der Waals surface area (Å²) in [6, 6.07) is 7.19. The van der Waals surface area contributed by atoms with Crippen molar-refractivity contribution >= 4 is 21.6 Å². The molecule has 1 aliphatic rings. The van der Waals surface area contributed by atoms with E-state index in [0.29, 0.717) is 17.4 Å². The van der Waals surface area contributed by atoms with Crippen LogP contribution in [0.15, 0.2) is 29.2 Å². The van der Waals surface area contributed by atoms with Crippen LogP contribution in [0.3, 0.4) is 0 Å². The first-order valence-electron chi connectivity index (χ1n) is 7.74. The molecular formula is C16H24ClNO2S. The minimum Gasteiger partial charge on any atom is -0.211 e. The third-order valence-corrected chi connectivity index (χ3v) is 5.99. The zero-order valence-electron chi connectivity index (χ0n) is 12.5. The maximum absolute atomic E-state index is 12.3. The van der Waals surface area contributed by atoms with E-state index in [0.717, 1.165) is 38.5 Å². The molecule has 1 aliphatic carbocycles. The highest BCUT2D eigenvalue weighted by molar-refractivity contribution is 7.89. The molecular weight excluding hydrogens is 306 g/mol. The van der Waals surface area contributed by atoms with E-state index in [-0.39, 0.29) is 5.38 Å². The first-order chi connectivity index (χ1) is 10.0. The number of alkyl halides is 1. The van der Waals surface area contributed by atoms with Crippen molar-refractivity contribution in [1.29, 1.82) is 0 Å². The highest BCUT2D eigenvalue weighted by atomic mass is 35.5. The van der Waals surface area contributed by atoms with Crippen LogP contribution in [-0.2, 0) is 16.4 Å². The fourth-order valence-corrected chi connectivity index (χ4v) is 4.13. The van der Waals surface area contributed by atoms with Crippen molar-refractivity contribution < 1.29 is 8.42 Å². The standard InChI is InChI=1S/C16H24ClNO2S/c1-2-3-13-6-10-16(11-7-13)21(19,20)18-12-14-4-8-15(17)9-5-14/h6-7,10-11,14-15,18H,2-5,8-9,12H2,1H3. The van der Waals surface area contributed by atoms with Gasteiger partial charge in [-0.05, 0) is 55.7 Å². The van der Waals surface area contributed by atoms with Crippen LogP contribution in [0, 0.1) is 5.92 Å². The Morgan fingerprint density at radius 2 is 1.76 bits per heavy atom. The van der Waals surface area contributed by atoms with Crippen LogP contribution in [-0.4, -0.2) is 20.3 Å². The number of hydrogen-bond acceptors (Lipinski definition) is 2. The fraction of sp³-hybridized carbons (Fsp3) is 0.625. The van der Waals surface area contributed by atoms with Gasteiger partial charge in [0, 0.05) is 11.9 Å². The van der Waals surface area contributed by atoms with Gasteiger partial charge in [-0.2, -0.15) is 0 Å². The normalized spacial score (nSPS) is 23.1. The topological polar surface area (TPSA) is 46.2 Å². The number of rotatable bonds is 6. The van der Waals surface area contributed by atoms with Crippen LogP contribution in [0.5, 0.6) is 0 Å². The molecule has 0 atom stereocenters. The third-order valence-electron chi connectivity index (χ3n) is 4.11. The van der Waals surface area contributed by atoms with E-state index < -0.39 is 10.0 Å². The van der Waals surface area contributed by atoms with Gasteiger partial charge in [0.15, 0.2) is 0 Å². The van der Waals surface area contributed by atoms with E-state index in [2.05, 4.69) is 11.6 Å². The highest BCUT2D eigenvalue weighted by Crippen LogP contribution is 2.27. The van der Waals surface area contributed by atoms with E-state index in [4.69, 9.17) is 11.6 Å². The minimum absolute atomic E-state index is 0.268. The summed E-state index contributed by atoms with van der Waals surface area (Å²) in [5.74, 6) is 0.411. The second-order valence-corrected chi connectivity index (χ2v) is 8.25. The Balaban J connectivity index is 1.91. The molecule has 0 amide bonds. The Morgan fingerprint density at radius 1 is 1.14 bits per heavy atom. The predicted octanol–water partition coefficient (Wildman–Crippen LogP) is 3.72. The van der Waals surface area contributed by atoms with Gasteiger partial charge < -0.3 is 0 Å². The number of hydrogen-bond donors (Lipinski definition) is 1. The van der Waals surface area contributed by atoms with Gasteiger partial charge in [0.05, 0.1) is 4.90 Å². The maximum Gasteiger partial charge on any atom is 0.240 e. The Labute approximate surface area is 133 Å². The number of nitrogens with one attached hydrogen (secondary N) is 1. The summed E-state index contributed by atoms with van der Waals surface area (Å²) in [5, 5.41) is 0.268. The molecule has 118 valence electrons. The molecule has 0 spiro atoms. The molecule has 21 heavy (non-hydrogen) atoms. The minimum atomic E-state index is -3.39. The van der Waals surface area contributed by atoms with Crippen LogP contribution < -0.4 is 4.72 Å². The summed E-state index contributed by atoms with van der Waals surface area (Å²) in [5.41, 5.74) is 1.18. The van der Waals surface area contributed by atoms with E-state index in [9.17, 15) is 8.42 Å². The van der Waals surface area contributed by atoms with Gasteiger partial charge in [-0.1, -0.05) is 25.5 Å². The molecule has 5 heteroatoms. The lowest BCUT2D eigenvalue weighted by molar-refractivity contribution is 0.361. The molecule has 1 fully saturated rings. The van der Waals surface area contributed by atoms with Crippen molar-refractivity contribution in [3.05, 3.63) is 29.8 Å². The molecule has 1 aromatic rings. The smallest absolute Gasteiger partial charge is 0.211 e. The quantitative estimate of drug-likeness (QED) is 0.808. The van der Waals surface area contributed by atoms with Crippen LogP contribution in [0.1, 0.15) is 44.6 Å². The van der Waals surface area contributed by atoms with Gasteiger partial charge in [-0.3, -0.25) is 0 Å². The SMILES string of the molecule is CCCc1ccc(S(=O)(=O)NCC2CCC(Cl)CC2)cc1. The molecule has 1 aromatic carbocycles. The Kier molecular flexibility index (Phi) is 6.08. The van der Waals surface area contributed by atoms with Gasteiger partial charge in [0.1, 0.15) is 0 Å². The van der Waals surface area contributed by atoms with E-state index in [1.54, 1.807) is 12.1 Å². The summed E-state index contributed by atoms with van der Waals surface area (Å²) in [4.78, 5) is 0.355. The number of halogens is 1. The van der Waals surface area contributed by atoms with Crippen molar-refractivity contribution in [2.75, 3.05) is 6.54 Å². The lowest BCUT2D eigenvalue weighted by atomic mass is 9.89. The first-order valence-corrected chi connectivity index (χ1v) is 9.66. The molecule has 1 N–H and O–H groups in total. The summed E-state index contributed by atoms with van der Waals surface area (Å²) in [6.07, 6.45) is 6.03. The van der Waals surface area contributed by atoms with Crippen LogP contribution in [0.2, 0.25) is 0 Å². The molecule has 0 radical (unpaired) electrons. The zero-order valence-corrected chi connectivity index (χ0v) is 14.1. The summed E-state index contributed by atoms with van der Waals surface area (Å²) in [7, 11) is -3.39. The van der Waals surface area contributed by atoms with E-state index >= 15 is 0 Å². The third kappa shape index (κ3) is 4.97. The fourth-order valence-electron chi connectivity index (χ4n) is 2.76. The lowest BCUT2D eigenvalue weighted by Gasteiger charge is -2.25. The van der Waals surface area contributed by atoms with Crippen LogP contribution in [0.25, 0.3) is 0 Å². The summed E-state index contributed by atoms with van der Waals surface area (Å²) >= 11 is 6.07. The zero-order chi connectivity index (χ0) is 15.3. The van der Waals surface area contributed by atoms with Crippen LogP contribution >= 0.6 is 11.6 Å². The Hall–Kier alpha value is -0.580. The molecule has 0 aliphatic heterocycles. The molecule has 0 bridgehead atoms. The maximum atomic E-state index is 12.3. The highest BCUT2D eigenvalue weighted by Gasteiger charge is 2.22.